The SMILES string of the molecule is COc1cccc(CNC(=O)Cn2cc(-c3nc(-c4cccc(Br)c4)no3)ccc2=O)c1. The Morgan fingerprint density at radius 1 is 1.12 bits per heavy atom. The maximum absolute atomic E-state index is 12.4. The van der Waals surface area contributed by atoms with Crippen LogP contribution in [-0.4, -0.2) is 27.7 Å². The molecule has 2 aromatic heterocycles. The number of halogens is 1. The van der Waals surface area contributed by atoms with Crippen LogP contribution in [0.3, 0.4) is 0 Å². The topological polar surface area (TPSA) is 99.2 Å². The molecule has 32 heavy (non-hydrogen) atoms. The first kappa shape index (κ1) is 21.5. The summed E-state index contributed by atoms with van der Waals surface area (Å²) in [7, 11) is 1.59. The summed E-state index contributed by atoms with van der Waals surface area (Å²) in [6.07, 6.45) is 1.53. The van der Waals surface area contributed by atoms with Gasteiger partial charge in [0.1, 0.15) is 12.3 Å². The van der Waals surface area contributed by atoms with Crippen LogP contribution >= 0.6 is 15.9 Å². The highest BCUT2D eigenvalue weighted by molar-refractivity contribution is 9.10. The molecule has 4 rings (SSSR count). The minimum atomic E-state index is -0.308. The van der Waals surface area contributed by atoms with E-state index in [0.717, 1.165) is 15.6 Å². The van der Waals surface area contributed by atoms with Crippen LogP contribution in [0.2, 0.25) is 0 Å². The highest BCUT2D eigenvalue weighted by atomic mass is 79.9. The minimum absolute atomic E-state index is 0.136. The molecule has 0 unspecified atom stereocenters. The molecule has 8 nitrogen and oxygen atoms in total. The van der Waals surface area contributed by atoms with Crippen LogP contribution in [0.15, 0.2) is 80.7 Å². The summed E-state index contributed by atoms with van der Waals surface area (Å²) < 4.78 is 12.8. The Morgan fingerprint density at radius 3 is 2.78 bits per heavy atom. The number of benzene rings is 2. The monoisotopic (exact) mass is 494 g/mol. The number of hydrogen-bond acceptors (Lipinski definition) is 6. The Balaban J connectivity index is 1.47. The fourth-order valence-corrected chi connectivity index (χ4v) is 3.46. The van der Waals surface area contributed by atoms with Crippen LogP contribution < -0.4 is 15.6 Å². The Hall–Kier alpha value is -3.72. The Morgan fingerprint density at radius 2 is 1.97 bits per heavy atom. The lowest BCUT2D eigenvalue weighted by Crippen LogP contribution is -2.31. The van der Waals surface area contributed by atoms with Crippen LogP contribution in [0, 0.1) is 0 Å². The average Bonchev–Trinajstić information content (AvgIpc) is 3.30. The number of carbonyl (C=O) groups excluding carboxylic acids is 1. The second-order valence-electron chi connectivity index (χ2n) is 6.95. The summed E-state index contributed by atoms with van der Waals surface area (Å²) in [5, 5.41) is 6.82. The van der Waals surface area contributed by atoms with Gasteiger partial charge in [-0.3, -0.25) is 9.59 Å². The molecule has 162 valence electrons. The number of hydrogen-bond donors (Lipinski definition) is 1. The number of aromatic nitrogens is 3. The van der Waals surface area contributed by atoms with E-state index in [1.807, 2.05) is 48.5 Å². The number of carbonyl (C=O) groups is 1. The molecule has 1 amide bonds. The normalized spacial score (nSPS) is 10.7. The van der Waals surface area contributed by atoms with Gasteiger partial charge < -0.3 is 19.1 Å². The fourth-order valence-electron chi connectivity index (χ4n) is 3.06. The zero-order valence-electron chi connectivity index (χ0n) is 17.1. The summed E-state index contributed by atoms with van der Waals surface area (Å²) in [5.74, 6) is 1.09. The van der Waals surface area contributed by atoms with Crippen molar-refractivity contribution in [2.24, 2.45) is 0 Å². The quantitative estimate of drug-likeness (QED) is 0.420. The third-order valence-corrected chi connectivity index (χ3v) is 5.17. The molecule has 2 aromatic carbocycles. The van der Waals surface area contributed by atoms with E-state index in [1.165, 1.54) is 16.8 Å². The van der Waals surface area contributed by atoms with Crippen LogP contribution in [0.5, 0.6) is 5.75 Å². The number of methoxy groups -OCH3 is 1. The molecular weight excluding hydrogens is 476 g/mol. The molecule has 0 aliphatic rings. The van der Waals surface area contributed by atoms with Crippen molar-refractivity contribution in [3.63, 3.8) is 0 Å². The summed E-state index contributed by atoms with van der Waals surface area (Å²) in [6.45, 7) is 0.188. The lowest BCUT2D eigenvalue weighted by Gasteiger charge is -2.09. The number of ether oxygens (including phenoxy) is 1. The fraction of sp³-hybridized carbons (Fsp3) is 0.130. The van der Waals surface area contributed by atoms with Gasteiger partial charge >= 0.3 is 0 Å². The van der Waals surface area contributed by atoms with Crippen molar-refractivity contribution >= 4 is 21.8 Å². The van der Waals surface area contributed by atoms with Crippen molar-refractivity contribution in [1.29, 1.82) is 0 Å². The molecule has 0 saturated carbocycles. The number of amides is 1. The number of nitrogens with zero attached hydrogens (tertiary/aromatic N) is 3. The van der Waals surface area contributed by atoms with Gasteiger partial charge in [0.05, 0.1) is 12.7 Å². The first-order chi connectivity index (χ1) is 15.5. The summed E-state index contributed by atoms with van der Waals surface area (Å²) in [4.78, 5) is 29.1. The molecule has 9 heteroatoms. The van der Waals surface area contributed by atoms with Crippen LogP contribution in [0.25, 0.3) is 22.8 Å². The summed E-state index contributed by atoms with van der Waals surface area (Å²) in [5.41, 5.74) is 1.92. The Kier molecular flexibility index (Phi) is 6.46. The predicted octanol–water partition coefficient (Wildman–Crippen LogP) is 3.65. The maximum atomic E-state index is 12.4. The van der Waals surface area contributed by atoms with E-state index >= 15 is 0 Å². The van der Waals surface area contributed by atoms with E-state index in [0.29, 0.717) is 23.7 Å². The van der Waals surface area contributed by atoms with Gasteiger partial charge in [-0.1, -0.05) is 45.4 Å². The lowest BCUT2D eigenvalue weighted by atomic mass is 10.2. The van der Waals surface area contributed by atoms with Crippen molar-refractivity contribution in [3.05, 3.63) is 87.3 Å². The second kappa shape index (κ2) is 9.61. The van der Waals surface area contributed by atoms with Gasteiger partial charge in [-0.15, -0.1) is 0 Å². The predicted molar refractivity (Wildman–Crippen MR) is 122 cm³/mol. The molecule has 0 radical (unpaired) electrons. The lowest BCUT2D eigenvalue weighted by molar-refractivity contribution is -0.121. The summed E-state index contributed by atoms with van der Waals surface area (Å²) >= 11 is 3.42. The third kappa shape index (κ3) is 5.12. The number of rotatable bonds is 7. The zero-order chi connectivity index (χ0) is 22.5. The van der Waals surface area contributed by atoms with Gasteiger partial charge in [0, 0.05) is 28.8 Å². The molecule has 2 heterocycles. The molecule has 4 aromatic rings. The van der Waals surface area contributed by atoms with E-state index in [-0.39, 0.29) is 23.9 Å². The number of nitrogens with one attached hydrogen (secondary N) is 1. The number of pyridine rings is 1. The van der Waals surface area contributed by atoms with E-state index in [2.05, 4.69) is 31.4 Å². The van der Waals surface area contributed by atoms with Gasteiger partial charge in [-0.05, 0) is 35.9 Å². The third-order valence-electron chi connectivity index (χ3n) is 4.68. The molecule has 0 aliphatic carbocycles. The average molecular weight is 495 g/mol. The second-order valence-corrected chi connectivity index (χ2v) is 7.86. The summed E-state index contributed by atoms with van der Waals surface area (Å²) in [6, 6.07) is 17.9. The molecule has 1 N–H and O–H groups in total. The zero-order valence-corrected chi connectivity index (χ0v) is 18.7. The molecule has 0 spiro atoms. The molecule has 0 fully saturated rings. The van der Waals surface area contributed by atoms with Crippen molar-refractivity contribution in [2.45, 2.75) is 13.1 Å². The first-order valence-corrected chi connectivity index (χ1v) is 10.5. The van der Waals surface area contributed by atoms with Crippen molar-refractivity contribution in [1.82, 2.24) is 20.0 Å². The van der Waals surface area contributed by atoms with Crippen molar-refractivity contribution in [2.75, 3.05) is 7.11 Å². The van der Waals surface area contributed by atoms with Gasteiger partial charge in [0.15, 0.2) is 0 Å². The van der Waals surface area contributed by atoms with Crippen molar-refractivity contribution in [3.8, 4) is 28.6 Å². The van der Waals surface area contributed by atoms with Crippen LogP contribution in [-0.2, 0) is 17.9 Å². The van der Waals surface area contributed by atoms with Crippen molar-refractivity contribution < 1.29 is 14.1 Å². The molecule has 0 bridgehead atoms. The van der Waals surface area contributed by atoms with E-state index < -0.39 is 0 Å². The van der Waals surface area contributed by atoms with E-state index in [1.54, 1.807) is 13.2 Å². The van der Waals surface area contributed by atoms with Gasteiger partial charge in [-0.25, -0.2) is 0 Å². The van der Waals surface area contributed by atoms with E-state index in [9.17, 15) is 9.59 Å². The van der Waals surface area contributed by atoms with Crippen LogP contribution in [0.4, 0.5) is 0 Å². The largest absolute Gasteiger partial charge is 0.497 e. The highest BCUT2D eigenvalue weighted by Gasteiger charge is 2.13. The maximum Gasteiger partial charge on any atom is 0.259 e. The minimum Gasteiger partial charge on any atom is -0.497 e. The highest BCUT2D eigenvalue weighted by Crippen LogP contribution is 2.23. The molecule has 0 aliphatic heterocycles. The standard InChI is InChI=1S/C23H19BrN4O4/c1-31-19-7-2-4-15(10-19)12-25-20(29)14-28-13-17(8-9-21(28)30)23-26-22(27-32-23)16-5-3-6-18(24)11-16/h2-11,13H,12,14H2,1H3,(H,25,29). The molecular formula is C23H19BrN4O4. The Bertz CT molecular complexity index is 1320. The smallest absolute Gasteiger partial charge is 0.259 e. The van der Waals surface area contributed by atoms with Gasteiger partial charge in [0.2, 0.25) is 11.7 Å². The molecule has 0 atom stereocenters. The Labute approximate surface area is 192 Å². The van der Waals surface area contributed by atoms with Gasteiger partial charge in [-0.2, -0.15) is 4.98 Å². The molecule has 0 saturated heterocycles. The van der Waals surface area contributed by atoms with Gasteiger partial charge in [0.25, 0.3) is 11.4 Å². The first-order valence-electron chi connectivity index (χ1n) is 9.72. The van der Waals surface area contributed by atoms with E-state index in [4.69, 9.17) is 9.26 Å². The van der Waals surface area contributed by atoms with Crippen LogP contribution in [0.1, 0.15) is 5.56 Å².